The predicted molar refractivity (Wildman–Crippen MR) is 77.1 cm³/mol. The molecule has 6 heteroatoms. The fourth-order valence-corrected chi connectivity index (χ4v) is 2.82. The number of amides is 1. The molecule has 0 radical (unpaired) electrons. The molecule has 2 aromatic rings. The highest BCUT2D eigenvalue weighted by Gasteiger charge is 2.28. The van der Waals surface area contributed by atoms with Gasteiger partial charge in [0.15, 0.2) is 0 Å². The Kier molecular flexibility index (Phi) is 3.37. The molecule has 1 unspecified atom stereocenters. The van der Waals surface area contributed by atoms with Gasteiger partial charge in [-0.05, 0) is 38.0 Å². The quantitative estimate of drug-likeness (QED) is 0.882. The number of imidazole rings is 1. The van der Waals surface area contributed by atoms with Crippen LogP contribution in [0.2, 0.25) is 0 Å². The van der Waals surface area contributed by atoms with Crippen LogP contribution < -0.4 is 0 Å². The number of nitrogens with zero attached hydrogens (tertiary/aromatic N) is 2. The number of H-pyrrole nitrogens is 1. The molecule has 1 aromatic carbocycles. The summed E-state index contributed by atoms with van der Waals surface area (Å²) in [5, 5.41) is 9.10. The second-order valence-corrected chi connectivity index (χ2v) is 5.48. The highest BCUT2D eigenvalue weighted by Crippen LogP contribution is 2.20. The van der Waals surface area contributed by atoms with E-state index in [-0.39, 0.29) is 12.5 Å². The first kappa shape index (κ1) is 13.6. The van der Waals surface area contributed by atoms with Crippen LogP contribution in [0.1, 0.15) is 29.0 Å². The summed E-state index contributed by atoms with van der Waals surface area (Å²) >= 11 is 0. The molecule has 3 rings (SSSR count). The second kappa shape index (κ2) is 5.20. The molecule has 2 N–H and O–H groups in total. The first-order valence-electron chi connectivity index (χ1n) is 7.03. The maximum Gasteiger partial charge on any atom is 0.308 e. The Balaban J connectivity index is 1.84. The number of aromatic nitrogens is 2. The SMILES string of the molecule is Cc1nc2ccc(C(=O)N3CCCC(C(=O)O)C3)cc2[nH]1. The summed E-state index contributed by atoms with van der Waals surface area (Å²) in [6.07, 6.45) is 1.37. The lowest BCUT2D eigenvalue weighted by molar-refractivity contribution is -0.143. The molecule has 1 aliphatic rings. The van der Waals surface area contributed by atoms with Gasteiger partial charge in [0, 0.05) is 18.7 Å². The van der Waals surface area contributed by atoms with Crippen molar-refractivity contribution in [3.05, 3.63) is 29.6 Å². The van der Waals surface area contributed by atoms with Gasteiger partial charge in [-0.2, -0.15) is 0 Å². The number of aliphatic carboxylic acids is 1. The number of carboxylic acids is 1. The number of likely N-dealkylation sites (tertiary alicyclic amines) is 1. The van der Waals surface area contributed by atoms with E-state index in [1.165, 1.54) is 0 Å². The minimum Gasteiger partial charge on any atom is -0.481 e. The van der Waals surface area contributed by atoms with Crippen molar-refractivity contribution in [3.8, 4) is 0 Å². The Labute approximate surface area is 121 Å². The lowest BCUT2D eigenvalue weighted by Crippen LogP contribution is -2.42. The molecule has 1 aliphatic heterocycles. The topological polar surface area (TPSA) is 86.3 Å². The van der Waals surface area contributed by atoms with E-state index in [1.807, 2.05) is 13.0 Å². The second-order valence-electron chi connectivity index (χ2n) is 5.48. The molecule has 0 bridgehead atoms. The zero-order chi connectivity index (χ0) is 15.0. The fraction of sp³-hybridized carbons (Fsp3) is 0.400. The van der Waals surface area contributed by atoms with Crippen molar-refractivity contribution in [2.45, 2.75) is 19.8 Å². The van der Waals surface area contributed by atoms with Crippen molar-refractivity contribution in [1.82, 2.24) is 14.9 Å². The number of aromatic amines is 1. The summed E-state index contributed by atoms with van der Waals surface area (Å²) in [5.74, 6) is -0.596. The van der Waals surface area contributed by atoms with E-state index in [2.05, 4.69) is 9.97 Å². The highest BCUT2D eigenvalue weighted by atomic mass is 16.4. The summed E-state index contributed by atoms with van der Waals surface area (Å²) in [6.45, 7) is 2.76. The molecule has 0 saturated carbocycles. The van der Waals surface area contributed by atoms with Crippen LogP contribution in [0.3, 0.4) is 0 Å². The van der Waals surface area contributed by atoms with Gasteiger partial charge in [0.25, 0.3) is 5.91 Å². The van der Waals surface area contributed by atoms with Gasteiger partial charge < -0.3 is 15.0 Å². The van der Waals surface area contributed by atoms with Gasteiger partial charge in [0.2, 0.25) is 0 Å². The van der Waals surface area contributed by atoms with Crippen LogP contribution in [0.15, 0.2) is 18.2 Å². The number of hydrogen-bond donors (Lipinski definition) is 2. The van der Waals surface area contributed by atoms with Crippen molar-refractivity contribution in [1.29, 1.82) is 0 Å². The van der Waals surface area contributed by atoms with Crippen molar-refractivity contribution < 1.29 is 14.7 Å². The Morgan fingerprint density at radius 2 is 2.24 bits per heavy atom. The van der Waals surface area contributed by atoms with Gasteiger partial charge in [-0.3, -0.25) is 9.59 Å². The van der Waals surface area contributed by atoms with Gasteiger partial charge in [0.1, 0.15) is 5.82 Å². The third-order valence-corrected chi connectivity index (χ3v) is 3.91. The summed E-state index contributed by atoms with van der Waals surface area (Å²) in [7, 11) is 0. The molecule has 1 aromatic heterocycles. The first-order chi connectivity index (χ1) is 10.0. The van der Waals surface area contributed by atoms with Crippen LogP contribution in [-0.2, 0) is 4.79 Å². The van der Waals surface area contributed by atoms with Crippen molar-refractivity contribution in [2.75, 3.05) is 13.1 Å². The van der Waals surface area contributed by atoms with Gasteiger partial charge in [0.05, 0.1) is 17.0 Å². The van der Waals surface area contributed by atoms with E-state index in [0.29, 0.717) is 18.5 Å². The normalized spacial score (nSPS) is 18.9. The fourth-order valence-electron chi connectivity index (χ4n) is 2.82. The van der Waals surface area contributed by atoms with Crippen LogP contribution >= 0.6 is 0 Å². The monoisotopic (exact) mass is 287 g/mol. The zero-order valence-corrected chi connectivity index (χ0v) is 11.8. The molecular formula is C15H17N3O3. The number of rotatable bonds is 2. The van der Waals surface area contributed by atoms with E-state index < -0.39 is 11.9 Å². The number of benzene rings is 1. The molecule has 21 heavy (non-hydrogen) atoms. The van der Waals surface area contributed by atoms with Crippen molar-refractivity contribution in [3.63, 3.8) is 0 Å². The van der Waals surface area contributed by atoms with Crippen LogP contribution in [0.25, 0.3) is 11.0 Å². The summed E-state index contributed by atoms with van der Waals surface area (Å²) < 4.78 is 0. The third kappa shape index (κ3) is 2.61. The van der Waals surface area contributed by atoms with Gasteiger partial charge in [-0.1, -0.05) is 0 Å². The number of nitrogens with one attached hydrogen (secondary N) is 1. The predicted octanol–water partition coefficient (Wildman–Crippen LogP) is 1.81. The van der Waals surface area contributed by atoms with Crippen LogP contribution in [0.4, 0.5) is 0 Å². The van der Waals surface area contributed by atoms with E-state index in [1.54, 1.807) is 17.0 Å². The summed E-state index contributed by atoms with van der Waals surface area (Å²) in [4.78, 5) is 32.6. The number of carbonyl (C=O) groups excluding carboxylic acids is 1. The Morgan fingerprint density at radius 3 is 3.00 bits per heavy atom. The zero-order valence-electron chi connectivity index (χ0n) is 11.8. The average Bonchev–Trinajstić information content (AvgIpc) is 2.85. The van der Waals surface area contributed by atoms with Crippen LogP contribution in [0, 0.1) is 12.8 Å². The van der Waals surface area contributed by atoms with Crippen molar-refractivity contribution in [2.24, 2.45) is 5.92 Å². The first-order valence-corrected chi connectivity index (χ1v) is 7.03. The Hall–Kier alpha value is -2.37. The van der Waals surface area contributed by atoms with E-state index in [9.17, 15) is 9.59 Å². The molecule has 1 fully saturated rings. The summed E-state index contributed by atoms with van der Waals surface area (Å²) in [6, 6.07) is 5.34. The molecule has 6 nitrogen and oxygen atoms in total. The molecule has 1 saturated heterocycles. The molecular weight excluding hydrogens is 270 g/mol. The van der Waals surface area contributed by atoms with Crippen LogP contribution in [0.5, 0.6) is 0 Å². The molecule has 0 aliphatic carbocycles. The van der Waals surface area contributed by atoms with Crippen molar-refractivity contribution >= 4 is 22.9 Å². The highest BCUT2D eigenvalue weighted by molar-refractivity contribution is 5.97. The molecule has 0 spiro atoms. The number of carboxylic acid groups (broad SMARTS) is 1. The number of fused-ring (bicyclic) bond motifs is 1. The molecule has 1 atom stereocenters. The van der Waals surface area contributed by atoms with Gasteiger partial charge in [-0.25, -0.2) is 4.98 Å². The third-order valence-electron chi connectivity index (χ3n) is 3.91. The smallest absolute Gasteiger partial charge is 0.308 e. The minimum absolute atomic E-state index is 0.116. The number of piperidine rings is 1. The minimum atomic E-state index is -0.827. The number of aryl methyl sites for hydroxylation is 1. The molecule has 110 valence electrons. The lowest BCUT2D eigenvalue weighted by Gasteiger charge is -2.30. The number of carbonyl (C=O) groups is 2. The molecule has 1 amide bonds. The maximum absolute atomic E-state index is 12.5. The van der Waals surface area contributed by atoms with Gasteiger partial charge >= 0.3 is 5.97 Å². The molecule has 2 heterocycles. The standard InChI is InChI=1S/C15H17N3O3/c1-9-16-12-5-4-10(7-13(12)17-9)14(19)18-6-2-3-11(8-18)15(20)21/h4-5,7,11H,2-3,6,8H2,1H3,(H,16,17)(H,20,21). The van der Waals surface area contributed by atoms with Gasteiger partial charge in [-0.15, -0.1) is 0 Å². The lowest BCUT2D eigenvalue weighted by atomic mass is 9.97. The van der Waals surface area contributed by atoms with E-state index in [0.717, 1.165) is 23.3 Å². The summed E-state index contributed by atoms with van der Waals surface area (Å²) in [5.41, 5.74) is 2.22. The Morgan fingerprint density at radius 1 is 1.43 bits per heavy atom. The maximum atomic E-state index is 12.5. The number of hydrogen-bond acceptors (Lipinski definition) is 3. The van der Waals surface area contributed by atoms with E-state index in [4.69, 9.17) is 5.11 Å². The largest absolute Gasteiger partial charge is 0.481 e. The van der Waals surface area contributed by atoms with Crippen LogP contribution in [-0.4, -0.2) is 44.9 Å². The average molecular weight is 287 g/mol. The Bertz CT molecular complexity index is 707. The van der Waals surface area contributed by atoms with E-state index >= 15 is 0 Å².